The first kappa shape index (κ1) is 10.4. The molecule has 0 aliphatic rings. The van der Waals surface area contributed by atoms with Crippen LogP contribution in [0.1, 0.15) is 11.4 Å². The first-order valence-corrected chi connectivity index (χ1v) is 6.04. The van der Waals surface area contributed by atoms with E-state index in [-0.39, 0.29) is 11.1 Å². The monoisotopic (exact) mass is 416 g/mol. The van der Waals surface area contributed by atoms with E-state index in [1.165, 1.54) is 4.52 Å². The van der Waals surface area contributed by atoms with Crippen molar-refractivity contribution < 1.29 is 0 Å². The molecule has 0 saturated heterocycles. The number of hydrogen-bond donors (Lipinski definition) is 0. The van der Waals surface area contributed by atoms with E-state index >= 15 is 0 Å². The molecular weight excluding hydrogens is 410 g/mol. The molecular formula is C8H6I2N2O2. The highest BCUT2D eigenvalue weighted by Crippen LogP contribution is 2.12. The number of hydrogen-bond acceptors (Lipinski definition) is 2. The lowest BCUT2D eigenvalue weighted by atomic mass is 10.4. The molecule has 2 rings (SSSR count). The summed E-state index contributed by atoms with van der Waals surface area (Å²) in [6.45, 7) is 3.68. The van der Waals surface area contributed by atoms with Gasteiger partial charge in [0.1, 0.15) is 7.14 Å². The molecule has 0 fully saturated rings. The molecule has 0 aliphatic heterocycles. The molecule has 0 saturated carbocycles. The van der Waals surface area contributed by atoms with E-state index in [1.807, 2.05) is 59.0 Å². The van der Waals surface area contributed by atoms with Gasteiger partial charge in [0.25, 0.3) is 11.1 Å². The first-order chi connectivity index (χ1) is 6.46. The third-order valence-electron chi connectivity index (χ3n) is 2.23. The fraction of sp³-hybridized carbons (Fsp3) is 0.250. The van der Waals surface area contributed by atoms with Crippen molar-refractivity contribution in [3.63, 3.8) is 0 Å². The average molecular weight is 416 g/mol. The van der Waals surface area contributed by atoms with Gasteiger partial charge in [0, 0.05) is 0 Å². The molecule has 0 amide bonds. The summed E-state index contributed by atoms with van der Waals surface area (Å²) in [4.78, 5) is 23.3. The van der Waals surface area contributed by atoms with E-state index in [4.69, 9.17) is 0 Å². The maximum absolute atomic E-state index is 11.7. The van der Waals surface area contributed by atoms with Crippen LogP contribution in [0.5, 0.6) is 0 Å². The number of fused-ring (bicyclic) bond motifs is 1. The maximum Gasteiger partial charge on any atom is 0.288 e. The SMILES string of the molecule is Cc1c(I)c(=O)n2c(=O)c(I)c(C)n12. The van der Waals surface area contributed by atoms with Crippen molar-refractivity contribution >= 4 is 45.2 Å². The second-order valence-electron chi connectivity index (χ2n) is 3.03. The standard InChI is InChI=1S/C8H6I2N2O2/c1-3-5(9)7(13)12-8(14)6(10)4(2)11(3)12/h1-2H3. The summed E-state index contributed by atoms with van der Waals surface area (Å²) >= 11 is 3.94. The van der Waals surface area contributed by atoms with Crippen LogP contribution in [-0.2, 0) is 0 Å². The predicted octanol–water partition coefficient (Wildman–Crippen LogP) is 1.02. The fourth-order valence-electron chi connectivity index (χ4n) is 1.51. The molecule has 0 N–H and O–H groups in total. The van der Waals surface area contributed by atoms with Crippen LogP contribution in [0.25, 0.3) is 0 Å². The van der Waals surface area contributed by atoms with Crippen LogP contribution in [-0.4, -0.2) is 9.03 Å². The van der Waals surface area contributed by atoms with Crippen LogP contribution in [0.3, 0.4) is 0 Å². The molecule has 0 aliphatic carbocycles. The molecule has 0 aromatic carbocycles. The van der Waals surface area contributed by atoms with Crippen LogP contribution in [0.4, 0.5) is 0 Å². The van der Waals surface area contributed by atoms with E-state index in [0.717, 1.165) is 11.4 Å². The molecule has 4 nitrogen and oxygen atoms in total. The van der Waals surface area contributed by atoms with E-state index in [1.54, 1.807) is 4.52 Å². The van der Waals surface area contributed by atoms with E-state index in [2.05, 4.69) is 0 Å². The molecule has 74 valence electrons. The third kappa shape index (κ3) is 1.09. The Hall–Kier alpha value is -0.120. The second-order valence-corrected chi connectivity index (χ2v) is 5.19. The minimum atomic E-state index is -0.223. The Kier molecular flexibility index (Phi) is 2.37. The summed E-state index contributed by atoms with van der Waals surface area (Å²) in [6, 6.07) is 0. The van der Waals surface area contributed by atoms with Crippen LogP contribution >= 0.6 is 45.2 Å². The van der Waals surface area contributed by atoms with Gasteiger partial charge in [-0.1, -0.05) is 0 Å². The molecule has 0 radical (unpaired) electrons. The van der Waals surface area contributed by atoms with Gasteiger partial charge in [0.2, 0.25) is 0 Å². The fourth-order valence-corrected chi connectivity index (χ4v) is 2.42. The number of halogens is 2. The van der Waals surface area contributed by atoms with Gasteiger partial charge in [-0.3, -0.25) is 9.59 Å². The van der Waals surface area contributed by atoms with Gasteiger partial charge in [0.15, 0.2) is 0 Å². The van der Waals surface area contributed by atoms with Gasteiger partial charge < -0.3 is 0 Å². The number of rotatable bonds is 0. The molecule has 14 heavy (non-hydrogen) atoms. The quantitative estimate of drug-likeness (QED) is 0.603. The minimum Gasteiger partial charge on any atom is -0.266 e. The van der Waals surface area contributed by atoms with Crippen molar-refractivity contribution in [1.82, 2.24) is 9.03 Å². The van der Waals surface area contributed by atoms with Gasteiger partial charge >= 0.3 is 0 Å². The Bertz CT molecular complexity index is 575. The van der Waals surface area contributed by atoms with Crippen molar-refractivity contribution in [2.75, 3.05) is 0 Å². The highest BCUT2D eigenvalue weighted by molar-refractivity contribution is 14.1. The largest absolute Gasteiger partial charge is 0.288 e. The summed E-state index contributed by atoms with van der Waals surface area (Å²) < 4.78 is 4.08. The molecule has 0 spiro atoms. The van der Waals surface area contributed by atoms with Crippen molar-refractivity contribution in [3.05, 3.63) is 39.2 Å². The molecule has 2 aromatic rings. The minimum absolute atomic E-state index is 0.223. The molecule has 6 heteroatoms. The molecule has 0 bridgehead atoms. The smallest absolute Gasteiger partial charge is 0.266 e. The molecule has 2 heterocycles. The third-order valence-corrected chi connectivity index (χ3v) is 4.71. The number of aryl methyl sites for hydroxylation is 2. The maximum atomic E-state index is 11.7. The molecule has 0 atom stereocenters. The predicted molar refractivity (Wildman–Crippen MR) is 69.5 cm³/mol. The lowest BCUT2D eigenvalue weighted by molar-refractivity contribution is 0.768. The summed E-state index contributed by atoms with van der Waals surface area (Å²) in [5.41, 5.74) is 1.21. The summed E-state index contributed by atoms with van der Waals surface area (Å²) in [5, 5.41) is 0. The van der Waals surface area contributed by atoms with Crippen molar-refractivity contribution in [3.8, 4) is 0 Å². The molecule has 2 aromatic heterocycles. The summed E-state index contributed by atoms with van der Waals surface area (Å²) in [7, 11) is 0. The zero-order valence-electron chi connectivity index (χ0n) is 7.47. The zero-order chi connectivity index (χ0) is 10.6. The Morgan fingerprint density at radius 3 is 1.50 bits per heavy atom. The van der Waals surface area contributed by atoms with Crippen LogP contribution in [0.15, 0.2) is 9.59 Å². The van der Waals surface area contributed by atoms with Gasteiger partial charge in [-0.05, 0) is 59.0 Å². The number of aromatic nitrogens is 2. The van der Waals surface area contributed by atoms with E-state index < -0.39 is 0 Å². The highest BCUT2D eigenvalue weighted by Gasteiger charge is 2.18. The molecule has 0 unspecified atom stereocenters. The lowest BCUT2D eigenvalue weighted by Crippen LogP contribution is -2.23. The van der Waals surface area contributed by atoms with Gasteiger partial charge in [-0.25, -0.2) is 4.52 Å². The van der Waals surface area contributed by atoms with Crippen molar-refractivity contribution in [1.29, 1.82) is 0 Å². The average Bonchev–Trinajstić information content (AvgIpc) is 2.51. The topological polar surface area (TPSA) is 43.0 Å². The second kappa shape index (κ2) is 3.19. The van der Waals surface area contributed by atoms with Crippen LogP contribution in [0.2, 0.25) is 0 Å². The van der Waals surface area contributed by atoms with E-state index in [9.17, 15) is 9.59 Å². The van der Waals surface area contributed by atoms with E-state index in [0.29, 0.717) is 7.14 Å². The van der Waals surface area contributed by atoms with Gasteiger partial charge in [0.05, 0.1) is 11.4 Å². The van der Waals surface area contributed by atoms with Crippen molar-refractivity contribution in [2.24, 2.45) is 0 Å². The zero-order valence-corrected chi connectivity index (χ0v) is 11.8. The van der Waals surface area contributed by atoms with Crippen LogP contribution in [0, 0.1) is 21.0 Å². The Morgan fingerprint density at radius 1 is 0.857 bits per heavy atom. The van der Waals surface area contributed by atoms with Crippen molar-refractivity contribution in [2.45, 2.75) is 13.8 Å². The van der Waals surface area contributed by atoms with Gasteiger partial charge in [-0.2, -0.15) is 4.52 Å². The normalized spacial score (nSPS) is 11.4. The Morgan fingerprint density at radius 2 is 1.21 bits per heavy atom. The summed E-state index contributed by atoms with van der Waals surface area (Å²) in [6.07, 6.45) is 0. The highest BCUT2D eigenvalue weighted by atomic mass is 127. The first-order valence-electron chi connectivity index (χ1n) is 3.88. The lowest BCUT2D eigenvalue weighted by Gasteiger charge is -1.93. The Balaban J connectivity index is 3.25. The Labute approximate surface area is 107 Å². The summed E-state index contributed by atoms with van der Waals surface area (Å²) in [5.74, 6) is 0. The number of nitrogens with zero attached hydrogens (tertiary/aromatic N) is 2. The van der Waals surface area contributed by atoms with Crippen LogP contribution < -0.4 is 11.1 Å². The van der Waals surface area contributed by atoms with Gasteiger partial charge in [-0.15, -0.1) is 0 Å².